The first kappa shape index (κ1) is 13.4. The Balaban J connectivity index is 2.12. The second kappa shape index (κ2) is 5.71. The third-order valence-corrected chi connectivity index (χ3v) is 2.96. The van der Waals surface area contributed by atoms with Crippen molar-refractivity contribution in [1.29, 1.82) is 0 Å². The van der Waals surface area contributed by atoms with Crippen molar-refractivity contribution in [3.05, 3.63) is 52.1 Å². The van der Waals surface area contributed by atoms with E-state index in [2.05, 4.69) is 20.9 Å². The molecule has 0 aliphatic carbocycles. The normalized spacial score (nSPS) is 10.2. The second-order valence-electron chi connectivity index (χ2n) is 3.87. The van der Waals surface area contributed by atoms with Gasteiger partial charge in [-0.25, -0.2) is 4.98 Å². The van der Waals surface area contributed by atoms with E-state index in [9.17, 15) is 4.79 Å². The second-order valence-corrected chi connectivity index (χ2v) is 4.79. The van der Waals surface area contributed by atoms with E-state index < -0.39 is 5.91 Å². The van der Waals surface area contributed by atoms with Gasteiger partial charge in [0.05, 0.1) is 5.69 Å². The molecule has 1 heterocycles. The van der Waals surface area contributed by atoms with E-state index >= 15 is 0 Å². The predicted octanol–water partition coefficient (Wildman–Crippen LogP) is 2.10. The molecular formula is C13H12BrN3O2. The van der Waals surface area contributed by atoms with Gasteiger partial charge in [-0.15, -0.1) is 0 Å². The summed E-state index contributed by atoms with van der Waals surface area (Å²) >= 11 is 3.35. The van der Waals surface area contributed by atoms with Gasteiger partial charge in [0.1, 0.15) is 12.3 Å². The lowest BCUT2D eigenvalue weighted by Crippen LogP contribution is -2.14. The first-order valence-corrected chi connectivity index (χ1v) is 6.29. The summed E-state index contributed by atoms with van der Waals surface area (Å²) in [5.41, 5.74) is 12.3. The summed E-state index contributed by atoms with van der Waals surface area (Å²) in [4.78, 5) is 15.0. The van der Waals surface area contributed by atoms with Crippen molar-refractivity contribution in [2.45, 2.75) is 6.61 Å². The van der Waals surface area contributed by atoms with E-state index in [0.29, 0.717) is 12.3 Å². The predicted molar refractivity (Wildman–Crippen MR) is 75.6 cm³/mol. The average Bonchev–Trinajstić information content (AvgIpc) is 2.39. The van der Waals surface area contributed by atoms with Gasteiger partial charge >= 0.3 is 0 Å². The number of hydrogen-bond donors (Lipinski definition) is 2. The minimum absolute atomic E-state index is 0.125. The number of halogens is 1. The first-order chi connectivity index (χ1) is 9.06. The van der Waals surface area contributed by atoms with Gasteiger partial charge in [0.2, 0.25) is 5.88 Å². The highest BCUT2D eigenvalue weighted by Crippen LogP contribution is 2.20. The number of anilines is 1. The fourth-order valence-corrected chi connectivity index (χ4v) is 1.70. The van der Waals surface area contributed by atoms with Gasteiger partial charge < -0.3 is 16.2 Å². The zero-order chi connectivity index (χ0) is 13.8. The van der Waals surface area contributed by atoms with Crippen molar-refractivity contribution < 1.29 is 9.53 Å². The zero-order valence-electron chi connectivity index (χ0n) is 9.97. The van der Waals surface area contributed by atoms with Crippen LogP contribution in [0.15, 0.2) is 40.9 Å². The molecule has 0 saturated heterocycles. The minimum Gasteiger partial charge on any atom is -0.471 e. The number of primary amides is 1. The highest BCUT2D eigenvalue weighted by atomic mass is 79.9. The number of nitrogens with two attached hydrogens (primary N) is 2. The molecule has 0 spiro atoms. The summed E-state index contributed by atoms with van der Waals surface area (Å²) in [6.45, 7) is 0.312. The summed E-state index contributed by atoms with van der Waals surface area (Å²) in [5, 5.41) is 0. The van der Waals surface area contributed by atoms with Gasteiger partial charge in [-0.3, -0.25) is 4.79 Å². The minimum atomic E-state index is -0.617. The molecule has 0 bridgehead atoms. The van der Waals surface area contributed by atoms with Gasteiger partial charge in [-0.1, -0.05) is 28.1 Å². The summed E-state index contributed by atoms with van der Waals surface area (Å²) in [6.07, 6.45) is 0. The summed E-state index contributed by atoms with van der Waals surface area (Å²) in [5.74, 6) is -0.410. The maximum atomic E-state index is 11.0. The molecule has 2 aromatic rings. The van der Waals surface area contributed by atoms with Crippen LogP contribution >= 0.6 is 15.9 Å². The molecule has 1 aromatic carbocycles. The quantitative estimate of drug-likeness (QED) is 0.902. The summed E-state index contributed by atoms with van der Waals surface area (Å²) < 4.78 is 6.48. The van der Waals surface area contributed by atoms with Crippen molar-refractivity contribution in [2.75, 3.05) is 5.73 Å². The van der Waals surface area contributed by atoms with Crippen LogP contribution in [0.2, 0.25) is 0 Å². The number of nitrogens with zero attached hydrogens (tertiary/aromatic N) is 1. The molecule has 19 heavy (non-hydrogen) atoms. The highest BCUT2D eigenvalue weighted by Gasteiger charge is 2.08. The molecule has 0 radical (unpaired) electrons. The van der Waals surface area contributed by atoms with Crippen LogP contribution in [0, 0.1) is 0 Å². The molecule has 98 valence electrons. The Labute approximate surface area is 118 Å². The Morgan fingerprint density at radius 1 is 1.21 bits per heavy atom. The Hall–Kier alpha value is -2.08. The van der Waals surface area contributed by atoms with Gasteiger partial charge in [-0.2, -0.15) is 0 Å². The van der Waals surface area contributed by atoms with Gasteiger partial charge in [0.15, 0.2) is 0 Å². The van der Waals surface area contributed by atoms with E-state index in [-0.39, 0.29) is 11.6 Å². The molecule has 0 aliphatic rings. The van der Waals surface area contributed by atoms with E-state index in [4.69, 9.17) is 16.2 Å². The third kappa shape index (κ3) is 3.45. The smallest absolute Gasteiger partial charge is 0.267 e. The SMILES string of the molecule is NC(=O)c1ccc(N)c(OCc2ccc(Br)cc2)n1. The Morgan fingerprint density at radius 2 is 1.89 bits per heavy atom. The van der Waals surface area contributed by atoms with Gasteiger partial charge in [0, 0.05) is 4.47 Å². The van der Waals surface area contributed by atoms with Crippen molar-refractivity contribution >= 4 is 27.5 Å². The van der Waals surface area contributed by atoms with E-state index in [1.807, 2.05) is 24.3 Å². The number of aromatic nitrogens is 1. The number of amides is 1. The van der Waals surface area contributed by atoms with Gasteiger partial charge in [-0.05, 0) is 29.8 Å². The van der Waals surface area contributed by atoms with Crippen LogP contribution in [0.5, 0.6) is 5.88 Å². The van der Waals surface area contributed by atoms with Crippen molar-refractivity contribution in [1.82, 2.24) is 4.98 Å². The van der Waals surface area contributed by atoms with Crippen molar-refractivity contribution in [3.63, 3.8) is 0 Å². The largest absolute Gasteiger partial charge is 0.471 e. The fraction of sp³-hybridized carbons (Fsp3) is 0.0769. The molecular weight excluding hydrogens is 310 g/mol. The molecule has 0 aliphatic heterocycles. The van der Waals surface area contributed by atoms with E-state index in [1.54, 1.807) is 6.07 Å². The Bertz CT molecular complexity index is 599. The topological polar surface area (TPSA) is 91.2 Å². The average molecular weight is 322 g/mol. The Morgan fingerprint density at radius 3 is 2.53 bits per heavy atom. The fourth-order valence-electron chi connectivity index (χ4n) is 1.44. The van der Waals surface area contributed by atoms with Crippen LogP contribution in [-0.4, -0.2) is 10.9 Å². The van der Waals surface area contributed by atoms with Crippen molar-refractivity contribution in [3.8, 4) is 5.88 Å². The van der Waals surface area contributed by atoms with Crippen molar-refractivity contribution in [2.24, 2.45) is 5.73 Å². The molecule has 1 amide bonds. The standard InChI is InChI=1S/C13H12BrN3O2/c14-9-3-1-8(2-4-9)7-19-13-10(15)5-6-11(17-13)12(16)18/h1-6H,7,15H2,(H2,16,18). The molecule has 4 N–H and O–H groups in total. The monoisotopic (exact) mass is 321 g/mol. The summed E-state index contributed by atoms with van der Waals surface area (Å²) in [7, 11) is 0. The molecule has 1 aromatic heterocycles. The summed E-state index contributed by atoms with van der Waals surface area (Å²) in [6, 6.07) is 10.7. The molecule has 5 nitrogen and oxygen atoms in total. The number of hydrogen-bond acceptors (Lipinski definition) is 4. The number of carbonyl (C=O) groups excluding carboxylic acids is 1. The Kier molecular flexibility index (Phi) is 4.01. The number of rotatable bonds is 4. The van der Waals surface area contributed by atoms with Crippen LogP contribution < -0.4 is 16.2 Å². The molecule has 0 saturated carbocycles. The maximum Gasteiger partial charge on any atom is 0.267 e. The van der Waals surface area contributed by atoms with E-state index in [1.165, 1.54) is 6.07 Å². The molecule has 0 fully saturated rings. The van der Waals surface area contributed by atoms with Crippen LogP contribution in [0.3, 0.4) is 0 Å². The number of pyridine rings is 1. The number of nitrogen functional groups attached to an aromatic ring is 1. The first-order valence-electron chi connectivity index (χ1n) is 5.50. The molecule has 6 heteroatoms. The van der Waals surface area contributed by atoms with Crippen LogP contribution in [0.4, 0.5) is 5.69 Å². The highest BCUT2D eigenvalue weighted by molar-refractivity contribution is 9.10. The lowest BCUT2D eigenvalue weighted by molar-refractivity contribution is 0.0994. The van der Waals surface area contributed by atoms with Gasteiger partial charge in [0.25, 0.3) is 5.91 Å². The van der Waals surface area contributed by atoms with Crippen LogP contribution in [-0.2, 0) is 6.61 Å². The maximum absolute atomic E-state index is 11.0. The number of benzene rings is 1. The number of ether oxygens (including phenoxy) is 1. The zero-order valence-corrected chi connectivity index (χ0v) is 11.6. The van der Waals surface area contributed by atoms with Crippen LogP contribution in [0.1, 0.15) is 16.1 Å². The van der Waals surface area contributed by atoms with Crippen LogP contribution in [0.25, 0.3) is 0 Å². The molecule has 2 rings (SSSR count). The lowest BCUT2D eigenvalue weighted by atomic mass is 10.2. The molecule has 0 unspecified atom stereocenters. The lowest BCUT2D eigenvalue weighted by Gasteiger charge is -2.08. The number of carbonyl (C=O) groups is 1. The molecule has 0 atom stereocenters. The third-order valence-electron chi connectivity index (χ3n) is 2.43. The van der Waals surface area contributed by atoms with E-state index in [0.717, 1.165) is 10.0 Å².